The summed E-state index contributed by atoms with van der Waals surface area (Å²) in [6, 6.07) is 16.2. The maximum absolute atomic E-state index is 6.22. The molecule has 1 aliphatic rings. The number of hydrogen-bond donors (Lipinski definition) is 2. The Bertz CT molecular complexity index is 1040. The van der Waals surface area contributed by atoms with E-state index >= 15 is 0 Å². The molecule has 0 atom stereocenters. The molecule has 7 nitrogen and oxygen atoms in total. The van der Waals surface area contributed by atoms with E-state index in [1.165, 1.54) is 5.56 Å². The lowest BCUT2D eigenvalue weighted by Gasteiger charge is -2.28. The molecule has 4 rings (SSSR count). The monoisotopic (exact) mass is 481 g/mol. The third-order valence-electron chi connectivity index (χ3n) is 4.87. The second-order valence-electron chi connectivity index (χ2n) is 7.84. The van der Waals surface area contributed by atoms with Crippen molar-refractivity contribution in [2.45, 2.75) is 41.5 Å². The number of aryl methyl sites for hydroxylation is 2. The van der Waals surface area contributed by atoms with Crippen LogP contribution in [0.15, 0.2) is 53.6 Å². The van der Waals surface area contributed by atoms with Gasteiger partial charge < -0.3 is 10.2 Å². The van der Waals surface area contributed by atoms with Crippen LogP contribution in [0.5, 0.6) is 0 Å². The zero-order valence-corrected chi connectivity index (χ0v) is 21.8. The summed E-state index contributed by atoms with van der Waals surface area (Å²) < 4.78 is 0. The number of nitrogens with one attached hydrogen (secondary N) is 2. The van der Waals surface area contributed by atoms with Crippen molar-refractivity contribution in [1.82, 2.24) is 20.5 Å². The molecule has 1 aromatic heterocycles. The maximum atomic E-state index is 6.22. The van der Waals surface area contributed by atoms with Gasteiger partial charge in [-0.3, -0.25) is 5.43 Å². The van der Waals surface area contributed by atoms with Crippen molar-refractivity contribution in [3.8, 4) is 11.4 Å². The minimum atomic E-state index is 0.341. The fraction of sp³-hybridized carbons (Fsp3) is 0.385. The third kappa shape index (κ3) is 8.39. The van der Waals surface area contributed by atoms with Crippen molar-refractivity contribution in [3.05, 3.63) is 64.8 Å². The minimum Gasteiger partial charge on any atom is -0.351 e. The van der Waals surface area contributed by atoms with Crippen LogP contribution in [0.2, 0.25) is 5.15 Å². The number of rotatable bonds is 4. The van der Waals surface area contributed by atoms with Crippen LogP contribution in [0.1, 0.15) is 38.8 Å². The van der Waals surface area contributed by atoms with E-state index in [-0.39, 0.29) is 0 Å². The Labute approximate surface area is 208 Å². The number of halogens is 1. The van der Waals surface area contributed by atoms with Crippen molar-refractivity contribution in [3.63, 3.8) is 0 Å². The van der Waals surface area contributed by atoms with Gasteiger partial charge >= 0.3 is 0 Å². The molecular formula is C26H36ClN7. The smallest absolute Gasteiger partial charge is 0.194 e. The highest BCUT2D eigenvalue weighted by molar-refractivity contribution is 6.31. The van der Waals surface area contributed by atoms with E-state index in [4.69, 9.17) is 11.6 Å². The zero-order valence-electron chi connectivity index (χ0n) is 21.1. The van der Waals surface area contributed by atoms with Crippen molar-refractivity contribution in [1.29, 1.82) is 0 Å². The molecule has 2 heterocycles. The van der Waals surface area contributed by atoms with Crippen LogP contribution in [0.3, 0.4) is 0 Å². The average Bonchev–Trinajstić information content (AvgIpc) is 2.86. The Hall–Kier alpha value is -3.03. The van der Waals surface area contributed by atoms with Gasteiger partial charge in [-0.05, 0) is 51.5 Å². The van der Waals surface area contributed by atoms with E-state index in [2.05, 4.69) is 55.0 Å². The molecule has 1 aliphatic heterocycles. The largest absolute Gasteiger partial charge is 0.351 e. The van der Waals surface area contributed by atoms with Gasteiger partial charge in [0.1, 0.15) is 0 Å². The molecule has 0 amide bonds. The molecule has 8 heteroatoms. The van der Waals surface area contributed by atoms with Gasteiger partial charge in [0.15, 0.2) is 16.8 Å². The molecule has 182 valence electrons. The van der Waals surface area contributed by atoms with Crippen LogP contribution >= 0.6 is 11.6 Å². The summed E-state index contributed by atoms with van der Waals surface area (Å²) in [5.41, 5.74) is 8.26. The standard InChI is InChI=1S/C17H22ClN7.C7H8.C2H6/c1-11(2)21-22-14-5-4-13(10-12(14)3)16-20-17(15(18)23-24-16)25-8-6-19-7-9-25;1-7-5-3-2-4-6-7;1-2/h4-5,10,19,22H,6-9H2,1-3H3;2-6H,1H3;1-2H3. The van der Waals surface area contributed by atoms with Gasteiger partial charge in [0.05, 0.1) is 5.69 Å². The summed E-state index contributed by atoms with van der Waals surface area (Å²) in [5, 5.41) is 16.2. The highest BCUT2D eigenvalue weighted by atomic mass is 35.5. The first-order valence-corrected chi connectivity index (χ1v) is 12.1. The van der Waals surface area contributed by atoms with Gasteiger partial charge in [0.25, 0.3) is 0 Å². The van der Waals surface area contributed by atoms with Crippen LogP contribution in [0.25, 0.3) is 11.4 Å². The van der Waals surface area contributed by atoms with E-state index < -0.39 is 0 Å². The first kappa shape index (κ1) is 27.2. The molecule has 1 fully saturated rings. The van der Waals surface area contributed by atoms with Crippen LogP contribution < -0.4 is 15.6 Å². The number of hydrogen-bond acceptors (Lipinski definition) is 7. The second kappa shape index (κ2) is 14.3. The summed E-state index contributed by atoms with van der Waals surface area (Å²) in [5.74, 6) is 1.27. The van der Waals surface area contributed by atoms with Crippen LogP contribution in [-0.2, 0) is 0 Å². The third-order valence-corrected chi connectivity index (χ3v) is 5.12. The van der Waals surface area contributed by atoms with E-state index in [0.717, 1.165) is 48.7 Å². The first-order chi connectivity index (χ1) is 16.4. The molecule has 0 bridgehead atoms. The Balaban J connectivity index is 0.000000384. The summed E-state index contributed by atoms with van der Waals surface area (Å²) in [7, 11) is 0. The fourth-order valence-electron chi connectivity index (χ4n) is 3.14. The lowest BCUT2D eigenvalue weighted by atomic mass is 10.1. The summed E-state index contributed by atoms with van der Waals surface area (Å²) in [6.45, 7) is 15.5. The Morgan fingerprint density at radius 1 is 1.00 bits per heavy atom. The Morgan fingerprint density at radius 2 is 1.68 bits per heavy atom. The second-order valence-corrected chi connectivity index (χ2v) is 8.20. The molecule has 3 aromatic rings. The van der Waals surface area contributed by atoms with E-state index in [0.29, 0.717) is 16.8 Å². The minimum absolute atomic E-state index is 0.341. The molecule has 0 unspecified atom stereocenters. The maximum Gasteiger partial charge on any atom is 0.194 e. The molecule has 0 spiro atoms. The SMILES string of the molecule is CC.CC(C)=NNc1ccc(-c2nnc(Cl)c(N3CCNCC3)n2)cc1C.Cc1ccccc1. The molecule has 2 N–H and O–H groups in total. The van der Waals surface area contributed by atoms with E-state index in [9.17, 15) is 0 Å². The molecule has 0 aliphatic carbocycles. The lowest BCUT2D eigenvalue weighted by Crippen LogP contribution is -2.44. The fourth-order valence-corrected chi connectivity index (χ4v) is 3.34. The predicted octanol–water partition coefficient (Wildman–Crippen LogP) is 5.74. The molecule has 2 aromatic carbocycles. The van der Waals surface area contributed by atoms with Crippen molar-refractivity contribution in [2.75, 3.05) is 36.5 Å². The lowest BCUT2D eigenvalue weighted by molar-refractivity contribution is 0.583. The molecule has 34 heavy (non-hydrogen) atoms. The predicted molar refractivity (Wildman–Crippen MR) is 145 cm³/mol. The molecule has 0 saturated carbocycles. The summed E-state index contributed by atoms with van der Waals surface area (Å²) in [4.78, 5) is 6.79. The zero-order chi connectivity index (χ0) is 24.9. The van der Waals surface area contributed by atoms with E-state index in [1.807, 2.05) is 71.0 Å². The number of hydrazone groups is 1. The summed E-state index contributed by atoms with van der Waals surface area (Å²) in [6.07, 6.45) is 0. The Kier molecular flexibility index (Phi) is 11.4. The van der Waals surface area contributed by atoms with Crippen molar-refractivity contribution < 1.29 is 0 Å². The average molecular weight is 482 g/mol. The number of aromatic nitrogens is 3. The van der Waals surface area contributed by atoms with Gasteiger partial charge in [-0.2, -0.15) is 5.10 Å². The highest BCUT2D eigenvalue weighted by Crippen LogP contribution is 2.26. The van der Waals surface area contributed by atoms with Gasteiger partial charge in [-0.25, -0.2) is 4.98 Å². The van der Waals surface area contributed by atoms with Crippen molar-refractivity contribution in [2.24, 2.45) is 5.10 Å². The van der Waals surface area contributed by atoms with Gasteiger partial charge in [-0.15, -0.1) is 10.2 Å². The van der Waals surface area contributed by atoms with Gasteiger partial charge in [0, 0.05) is 37.5 Å². The van der Waals surface area contributed by atoms with Crippen molar-refractivity contribution >= 4 is 28.8 Å². The number of piperazine rings is 1. The number of anilines is 2. The number of nitrogens with zero attached hydrogens (tertiary/aromatic N) is 5. The Morgan fingerprint density at radius 3 is 2.24 bits per heavy atom. The van der Waals surface area contributed by atoms with Gasteiger partial charge in [0.2, 0.25) is 0 Å². The van der Waals surface area contributed by atoms with Crippen LogP contribution in [0.4, 0.5) is 11.5 Å². The molecule has 1 saturated heterocycles. The number of benzene rings is 2. The van der Waals surface area contributed by atoms with Crippen LogP contribution in [-0.4, -0.2) is 47.1 Å². The summed E-state index contributed by atoms with van der Waals surface area (Å²) >= 11 is 6.22. The first-order valence-electron chi connectivity index (χ1n) is 11.7. The normalized spacial score (nSPS) is 12.5. The van der Waals surface area contributed by atoms with Crippen LogP contribution in [0, 0.1) is 13.8 Å². The van der Waals surface area contributed by atoms with Gasteiger partial charge in [-0.1, -0.05) is 61.3 Å². The molecule has 0 radical (unpaired) electrons. The quantitative estimate of drug-likeness (QED) is 0.365. The molecular weight excluding hydrogens is 446 g/mol. The highest BCUT2D eigenvalue weighted by Gasteiger charge is 2.18. The van der Waals surface area contributed by atoms with E-state index in [1.54, 1.807) is 0 Å². The topological polar surface area (TPSA) is 78.3 Å².